The van der Waals surface area contributed by atoms with Crippen LogP contribution >= 0.6 is 0 Å². The second kappa shape index (κ2) is 3.84. The number of rotatable bonds is 2. The summed E-state index contributed by atoms with van der Waals surface area (Å²) in [5, 5.41) is 8.67. The number of carbonyl (C=O) groups excluding carboxylic acids is 1. The Kier molecular flexibility index (Phi) is 2.52. The molecule has 0 fully saturated rings. The van der Waals surface area contributed by atoms with Gasteiger partial charge in [0, 0.05) is 7.05 Å². The molecule has 0 saturated heterocycles. The zero-order valence-electron chi connectivity index (χ0n) is 8.71. The van der Waals surface area contributed by atoms with Crippen molar-refractivity contribution < 1.29 is 19.4 Å². The molecule has 84 valence electrons. The Morgan fingerprint density at radius 1 is 1.50 bits per heavy atom. The van der Waals surface area contributed by atoms with E-state index in [9.17, 15) is 9.59 Å². The molecule has 1 atom stereocenters. The first-order chi connectivity index (χ1) is 7.59. The molecule has 5 nitrogen and oxygen atoms in total. The number of hydrogen-bond acceptors (Lipinski definition) is 3. The summed E-state index contributed by atoms with van der Waals surface area (Å²) in [5.41, 5.74) is 0.661. The van der Waals surface area contributed by atoms with Crippen molar-refractivity contribution in [3.8, 4) is 5.75 Å². The minimum Gasteiger partial charge on any atom is -0.481 e. The van der Waals surface area contributed by atoms with E-state index >= 15 is 0 Å². The number of carboxylic acids is 1. The van der Waals surface area contributed by atoms with Crippen molar-refractivity contribution in [2.24, 2.45) is 0 Å². The number of likely N-dealkylation sites (N-methyl/N-ethyl adjacent to an activating group) is 1. The minimum atomic E-state index is -1.05. The molecule has 0 spiro atoms. The highest BCUT2D eigenvalue weighted by atomic mass is 16.5. The number of benzene rings is 1. The van der Waals surface area contributed by atoms with Crippen molar-refractivity contribution in [3.63, 3.8) is 0 Å². The first-order valence-corrected chi connectivity index (χ1v) is 4.84. The second-order valence-electron chi connectivity index (χ2n) is 3.57. The van der Waals surface area contributed by atoms with Crippen LogP contribution in [0.2, 0.25) is 0 Å². The van der Waals surface area contributed by atoms with Gasteiger partial charge in [-0.1, -0.05) is 12.1 Å². The van der Waals surface area contributed by atoms with Gasteiger partial charge in [-0.05, 0) is 12.1 Å². The second-order valence-corrected chi connectivity index (χ2v) is 3.57. The fourth-order valence-corrected chi connectivity index (χ4v) is 1.66. The summed E-state index contributed by atoms with van der Waals surface area (Å²) in [4.78, 5) is 23.8. The summed E-state index contributed by atoms with van der Waals surface area (Å²) in [5.74, 6) is -0.844. The molecular formula is C11H11NO4. The number of para-hydroxylation sites is 2. The Bertz CT molecular complexity index is 443. The van der Waals surface area contributed by atoms with Gasteiger partial charge in [0.2, 0.25) is 0 Å². The number of carbonyl (C=O) groups is 2. The molecule has 0 radical (unpaired) electrons. The van der Waals surface area contributed by atoms with Gasteiger partial charge in [-0.3, -0.25) is 9.59 Å². The number of anilines is 1. The van der Waals surface area contributed by atoms with E-state index in [1.165, 1.54) is 4.90 Å². The molecule has 1 aromatic carbocycles. The van der Waals surface area contributed by atoms with Gasteiger partial charge in [-0.2, -0.15) is 0 Å². The highest BCUT2D eigenvalue weighted by Crippen LogP contribution is 2.33. The van der Waals surface area contributed by atoms with E-state index in [1.54, 1.807) is 31.3 Å². The number of amides is 1. The summed E-state index contributed by atoms with van der Waals surface area (Å²) in [6.45, 7) is 0. The summed E-state index contributed by atoms with van der Waals surface area (Å²) in [7, 11) is 1.61. The van der Waals surface area contributed by atoms with Gasteiger partial charge in [0.15, 0.2) is 6.10 Å². The molecule has 0 bridgehead atoms. The summed E-state index contributed by atoms with van der Waals surface area (Å²) >= 11 is 0. The standard InChI is InChI=1S/C11H11NO4/c1-12-7-4-2-3-5-8(7)16-9(11(12)15)6-10(13)14/h2-5,9H,6H2,1H3,(H,13,14). The molecule has 1 aliphatic heterocycles. The highest BCUT2D eigenvalue weighted by Gasteiger charge is 2.33. The molecule has 1 aliphatic rings. The minimum absolute atomic E-state index is 0.322. The Morgan fingerprint density at radius 3 is 2.88 bits per heavy atom. The monoisotopic (exact) mass is 221 g/mol. The number of ether oxygens (including phenoxy) is 1. The lowest BCUT2D eigenvalue weighted by Crippen LogP contribution is -2.44. The summed E-state index contributed by atoms with van der Waals surface area (Å²) in [6.07, 6.45) is -1.25. The van der Waals surface area contributed by atoms with Crippen molar-refractivity contribution >= 4 is 17.6 Å². The maximum absolute atomic E-state index is 11.8. The van der Waals surface area contributed by atoms with Crippen molar-refractivity contribution in [2.75, 3.05) is 11.9 Å². The van der Waals surface area contributed by atoms with Gasteiger partial charge in [0.1, 0.15) is 5.75 Å². The third-order valence-electron chi connectivity index (χ3n) is 2.46. The molecule has 0 aliphatic carbocycles. The fraction of sp³-hybridized carbons (Fsp3) is 0.273. The normalized spacial score (nSPS) is 18.9. The lowest BCUT2D eigenvalue weighted by atomic mass is 10.1. The fourth-order valence-electron chi connectivity index (χ4n) is 1.66. The van der Waals surface area contributed by atoms with Gasteiger partial charge in [0.25, 0.3) is 5.91 Å². The first kappa shape index (κ1) is 10.5. The molecular weight excluding hydrogens is 210 g/mol. The topological polar surface area (TPSA) is 66.8 Å². The molecule has 2 rings (SSSR count). The van der Waals surface area contributed by atoms with Crippen LogP contribution in [0.3, 0.4) is 0 Å². The predicted octanol–water partition coefficient (Wildman–Crippen LogP) is 0.885. The number of carboxylic acid groups (broad SMARTS) is 1. The van der Waals surface area contributed by atoms with E-state index in [2.05, 4.69) is 0 Å². The van der Waals surface area contributed by atoms with Crippen LogP contribution < -0.4 is 9.64 Å². The highest BCUT2D eigenvalue weighted by molar-refractivity contribution is 6.00. The third kappa shape index (κ3) is 1.71. The third-order valence-corrected chi connectivity index (χ3v) is 2.46. The zero-order chi connectivity index (χ0) is 11.7. The molecule has 16 heavy (non-hydrogen) atoms. The molecule has 1 amide bonds. The van der Waals surface area contributed by atoms with Crippen LogP contribution in [0.1, 0.15) is 6.42 Å². The van der Waals surface area contributed by atoms with Crippen molar-refractivity contribution in [1.29, 1.82) is 0 Å². The van der Waals surface area contributed by atoms with Crippen LogP contribution in [-0.2, 0) is 9.59 Å². The van der Waals surface area contributed by atoms with Crippen molar-refractivity contribution in [3.05, 3.63) is 24.3 Å². The van der Waals surface area contributed by atoms with Gasteiger partial charge < -0.3 is 14.7 Å². The van der Waals surface area contributed by atoms with Gasteiger partial charge >= 0.3 is 5.97 Å². The Balaban J connectivity index is 2.32. The average Bonchev–Trinajstić information content (AvgIpc) is 2.25. The molecule has 1 unspecified atom stereocenters. The number of nitrogens with zero attached hydrogens (tertiary/aromatic N) is 1. The zero-order valence-corrected chi connectivity index (χ0v) is 8.71. The molecule has 1 heterocycles. The Labute approximate surface area is 92.2 Å². The maximum atomic E-state index is 11.8. The lowest BCUT2D eigenvalue weighted by molar-refractivity contribution is -0.142. The first-order valence-electron chi connectivity index (χ1n) is 4.84. The van der Waals surface area contributed by atoms with E-state index in [0.717, 1.165) is 0 Å². The quantitative estimate of drug-likeness (QED) is 0.805. The number of aliphatic carboxylic acids is 1. The smallest absolute Gasteiger partial charge is 0.307 e. The van der Waals surface area contributed by atoms with Crippen molar-refractivity contribution in [1.82, 2.24) is 0 Å². The van der Waals surface area contributed by atoms with Crippen LogP contribution in [0.5, 0.6) is 5.75 Å². The Morgan fingerprint density at radius 2 is 2.19 bits per heavy atom. The predicted molar refractivity (Wildman–Crippen MR) is 56.5 cm³/mol. The summed E-state index contributed by atoms with van der Waals surface area (Å²) < 4.78 is 5.35. The van der Waals surface area contributed by atoms with E-state index in [-0.39, 0.29) is 12.3 Å². The largest absolute Gasteiger partial charge is 0.481 e. The molecule has 0 saturated carbocycles. The van der Waals surface area contributed by atoms with Crippen LogP contribution in [-0.4, -0.2) is 30.1 Å². The van der Waals surface area contributed by atoms with E-state index in [0.29, 0.717) is 11.4 Å². The average molecular weight is 221 g/mol. The Hall–Kier alpha value is -2.04. The number of hydrogen-bond donors (Lipinski definition) is 1. The lowest BCUT2D eigenvalue weighted by Gasteiger charge is -2.31. The molecule has 0 aromatic heterocycles. The van der Waals surface area contributed by atoms with Crippen LogP contribution in [0, 0.1) is 0 Å². The SMILES string of the molecule is CN1C(=O)C(CC(=O)O)Oc2ccccc21. The van der Waals surface area contributed by atoms with Crippen LogP contribution in [0.4, 0.5) is 5.69 Å². The van der Waals surface area contributed by atoms with Crippen LogP contribution in [0.25, 0.3) is 0 Å². The van der Waals surface area contributed by atoms with Gasteiger partial charge in [-0.25, -0.2) is 0 Å². The maximum Gasteiger partial charge on any atom is 0.307 e. The van der Waals surface area contributed by atoms with E-state index < -0.39 is 12.1 Å². The molecule has 5 heteroatoms. The van der Waals surface area contributed by atoms with E-state index in [1.807, 2.05) is 0 Å². The van der Waals surface area contributed by atoms with Crippen LogP contribution in [0.15, 0.2) is 24.3 Å². The van der Waals surface area contributed by atoms with E-state index in [4.69, 9.17) is 9.84 Å². The summed E-state index contributed by atoms with van der Waals surface area (Å²) in [6, 6.07) is 7.04. The number of fused-ring (bicyclic) bond motifs is 1. The molecule has 1 aromatic rings. The van der Waals surface area contributed by atoms with Gasteiger partial charge in [0.05, 0.1) is 12.1 Å². The molecule has 1 N–H and O–H groups in total. The van der Waals surface area contributed by atoms with Crippen molar-refractivity contribution in [2.45, 2.75) is 12.5 Å². The van der Waals surface area contributed by atoms with Gasteiger partial charge in [-0.15, -0.1) is 0 Å².